The number of hydrogen-bond donors (Lipinski definition) is 2. The van der Waals surface area contributed by atoms with Crippen molar-refractivity contribution in [3.8, 4) is 0 Å². The number of nitrogen functional groups attached to an aromatic ring is 1. The Bertz CT molecular complexity index is 522. The van der Waals surface area contributed by atoms with Gasteiger partial charge in [0.15, 0.2) is 0 Å². The molecule has 1 aromatic heterocycles. The predicted octanol–water partition coefficient (Wildman–Crippen LogP) is 1.52. The first-order chi connectivity index (χ1) is 8.41. The van der Waals surface area contributed by atoms with Gasteiger partial charge in [-0.15, -0.1) is 0 Å². The molecule has 5 nitrogen and oxygen atoms in total. The summed E-state index contributed by atoms with van der Waals surface area (Å²) in [4.78, 5) is 3.97. The number of rotatable bonds is 4. The third kappa shape index (κ3) is 3.00. The van der Waals surface area contributed by atoms with Crippen LogP contribution in [-0.4, -0.2) is 19.9 Å². The lowest BCUT2D eigenvalue weighted by Crippen LogP contribution is -2.34. The van der Waals surface area contributed by atoms with Gasteiger partial charge in [0.1, 0.15) is 5.82 Å². The highest BCUT2D eigenvalue weighted by atomic mass is 32.2. The number of nitrogens with two attached hydrogens (primary N) is 1. The monoisotopic (exact) mass is 269 g/mol. The quantitative estimate of drug-likeness (QED) is 0.868. The minimum atomic E-state index is -3.48. The molecule has 1 aliphatic rings. The summed E-state index contributed by atoms with van der Waals surface area (Å²) in [5.74, 6) is 0.213. The van der Waals surface area contributed by atoms with E-state index in [-0.39, 0.29) is 16.1 Å². The highest BCUT2D eigenvalue weighted by molar-refractivity contribution is 7.89. The van der Waals surface area contributed by atoms with Crippen molar-refractivity contribution in [1.82, 2.24) is 9.71 Å². The molecule has 1 aromatic rings. The zero-order valence-electron chi connectivity index (χ0n) is 10.5. The second kappa shape index (κ2) is 4.85. The number of anilines is 1. The maximum absolute atomic E-state index is 12.1. The van der Waals surface area contributed by atoms with Crippen molar-refractivity contribution in [2.75, 3.05) is 12.3 Å². The van der Waals surface area contributed by atoms with Crippen LogP contribution >= 0.6 is 0 Å². The van der Waals surface area contributed by atoms with Gasteiger partial charge in [0.25, 0.3) is 0 Å². The maximum Gasteiger partial charge on any atom is 0.240 e. The van der Waals surface area contributed by atoms with Crippen molar-refractivity contribution in [1.29, 1.82) is 0 Å². The van der Waals surface area contributed by atoms with E-state index < -0.39 is 10.0 Å². The molecule has 0 radical (unpaired) electrons. The molecular weight excluding hydrogens is 250 g/mol. The molecule has 1 aliphatic carbocycles. The Balaban J connectivity index is 2.08. The molecule has 0 atom stereocenters. The van der Waals surface area contributed by atoms with Crippen molar-refractivity contribution in [2.45, 2.75) is 37.5 Å². The third-order valence-electron chi connectivity index (χ3n) is 3.56. The number of sulfonamides is 1. The van der Waals surface area contributed by atoms with E-state index in [4.69, 9.17) is 5.73 Å². The van der Waals surface area contributed by atoms with Crippen molar-refractivity contribution in [3.05, 3.63) is 18.3 Å². The van der Waals surface area contributed by atoms with Gasteiger partial charge in [0.2, 0.25) is 10.0 Å². The van der Waals surface area contributed by atoms with Gasteiger partial charge >= 0.3 is 0 Å². The fourth-order valence-electron chi connectivity index (χ4n) is 2.35. The van der Waals surface area contributed by atoms with E-state index in [0.29, 0.717) is 6.54 Å². The van der Waals surface area contributed by atoms with Gasteiger partial charge in [0, 0.05) is 18.8 Å². The molecule has 0 aliphatic heterocycles. The molecule has 3 N–H and O–H groups in total. The van der Waals surface area contributed by atoms with Crippen LogP contribution in [0.1, 0.15) is 32.6 Å². The molecule has 0 unspecified atom stereocenters. The van der Waals surface area contributed by atoms with Crippen LogP contribution in [0.3, 0.4) is 0 Å². The topological polar surface area (TPSA) is 85.1 Å². The molecular formula is C12H19N3O2S. The average Bonchev–Trinajstić information content (AvgIpc) is 2.75. The van der Waals surface area contributed by atoms with Gasteiger partial charge in [-0.25, -0.2) is 18.1 Å². The fraction of sp³-hybridized carbons (Fsp3) is 0.583. The Morgan fingerprint density at radius 1 is 1.44 bits per heavy atom. The summed E-state index contributed by atoms with van der Waals surface area (Å²) in [5, 5.41) is 0. The van der Waals surface area contributed by atoms with Crippen LogP contribution in [0.4, 0.5) is 5.82 Å². The van der Waals surface area contributed by atoms with Crippen LogP contribution in [0.25, 0.3) is 0 Å². The Hall–Kier alpha value is -1.14. The largest absolute Gasteiger partial charge is 0.384 e. The summed E-state index contributed by atoms with van der Waals surface area (Å²) < 4.78 is 26.9. The Kier molecular flexibility index (Phi) is 3.59. The molecule has 1 fully saturated rings. The fourth-order valence-corrected chi connectivity index (χ4v) is 3.57. The molecule has 1 saturated carbocycles. The molecule has 0 aromatic carbocycles. The molecule has 0 saturated heterocycles. The maximum atomic E-state index is 12.1. The first-order valence-electron chi connectivity index (χ1n) is 6.13. The first kappa shape index (κ1) is 13.3. The van der Waals surface area contributed by atoms with Crippen LogP contribution < -0.4 is 10.5 Å². The van der Waals surface area contributed by atoms with Gasteiger partial charge in [0.05, 0.1) is 4.90 Å². The number of nitrogens with zero attached hydrogens (tertiary/aromatic N) is 1. The molecule has 2 rings (SSSR count). The minimum Gasteiger partial charge on any atom is -0.384 e. The normalized spacial score (nSPS) is 18.9. The van der Waals surface area contributed by atoms with E-state index in [9.17, 15) is 8.42 Å². The van der Waals surface area contributed by atoms with Crippen molar-refractivity contribution in [3.63, 3.8) is 0 Å². The minimum absolute atomic E-state index is 0.0889. The summed E-state index contributed by atoms with van der Waals surface area (Å²) in [5.41, 5.74) is 5.59. The lowest BCUT2D eigenvalue weighted by molar-refractivity contribution is 0.336. The molecule has 0 amide bonds. The number of aromatic nitrogens is 1. The van der Waals surface area contributed by atoms with Gasteiger partial charge in [-0.05, 0) is 24.3 Å². The van der Waals surface area contributed by atoms with E-state index in [2.05, 4.69) is 16.6 Å². The summed E-state index contributed by atoms with van der Waals surface area (Å²) in [7, 11) is -3.48. The first-order valence-corrected chi connectivity index (χ1v) is 7.61. The van der Waals surface area contributed by atoms with Crippen molar-refractivity contribution < 1.29 is 8.42 Å². The summed E-state index contributed by atoms with van der Waals surface area (Å²) in [6.07, 6.45) is 5.92. The highest BCUT2D eigenvalue weighted by Gasteiger charge is 2.30. The third-order valence-corrected chi connectivity index (χ3v) is 4.96. The zero-order chi connectivity index (χ0) is 13.2. The summed E-state index contributed by atoms with van der Waals surface area (Å²) in [6.45, 7) is 2.61. The molecule has 6 heteroatoms. The zero-order valence-corrected chi connectivity index (χ0v) is 11.3. The van der Waals surface area contributed by atoms with Gasteiger partial charge < -0.3 is 5.73 Å². The van der Waals surface area contributed by atoms with E-state index in [0.717, 1.165) is 12.8 Å². The lowest BCUT2D eigenvalue weighted by atomic mass is 9.89. The van der Waals surface area contributed by atoms with Gasteiger partial charge in [-0.2, -0.15) is 0 Å². The smallest absolute Gasteiger partial charge is 0.240 e. The van der Waals surface area contributed by atoms with E-state index in [1.807, 2.05) is 0 Å². The van der Waals surface area contributed by atoms with Crippen molar-refractivity contribution >= 4 is 15.8 Å². The molecule has 0 spiro atoms. The second-order valence-corrected chi connectivity index (χ2v) is 7.03. The Labute approximate surface area is 108 Å². The van der Waals surface area contributed by atoms with Crippen molar-refractivity contribution in [2.24, 2.45) is 5.41 Å². The number of nitrogens with one attached hydrogen (secondary N) is 1. The Morgan fingerprint density at radius 2 is 2.11 bits per heavy atom. The van der Waals surface area contributed by atoms with Gasteiger partial charge in [-0.3, -0.25) is 0 Å². The van der Waals surface area contributed by atoms with E-state index in [1.54, 1.807) is 0 Å². The van der Waals surface area contributed by atoms with Crippen LogP contribution in [0.15, 0.2) is 23.2 Å². The molecule has 0 bridgehead atoms. The average molecular weight is 269 g/mol. The SMILES string of the molecule is CC1(CNS(=O)(=O)c2ccnc(N)c2)CCCC1. The standard InChI is InChI=1S/C12H19N3O2S/c1-12(5-2-3-6-12)9-15-18(16,17)10-4-7-14-11(13)8-10/h4,7-8,15H,2-3,5-6,9H2,1H3,(H2,13,14). The predicted molar refractivity (Wildman–Crippen MR) is 70.4 cm³/mol. The van der Waals surface area contributed by atoms with Crippen LogP contribution in [0, 0.1) is 5.41 Å². The van der Waals surface area contributed by atoms with E-state index >= 15 is 0 Å². The van der Waals surface area contributed by atoms with Crippen LogP contribution in [0.2, 0.25) is 0 Å². The van der Waals surface area contributed by atoms with Gasteiger partial charge in [-0.1, -0.05) is 19.8 Å². The molecule has 1 heterocycles. The second-order valence-electron chi connectivity index (χ2n) is 5.26. The number of pyridine rings is 1. The summed E-state index contributed by atoms with van der Waals surface area (Å²) >= 11 is 0. The highest BCUT2D eigenvalue weighted by Crippen LogP contribution is 2.36. The molecule has 18 heavy (non-hydrogen) atoms. The Morgan fingerprint density at radius 3 is 2.72 bits per heavy atom. The number of hydrogen-bond acceptors (Lipinski definition) is 4. The van der Waals surface area contributed by atoms with E-state index in [1.165, 1.54) is 31.2 Å². The van der Waals surface area contributed by atoms with Crippen LogP contribution in [-0.2, 0) is 10.0 Å². The molecule has 100 valence electrons. The summed E-state index contributed by atoms with van der Waals surface area (Å²) in [6, 6.07) is 2.83. The lowest BCUT2D eigenvalue weighted by Gasteiger charge is -2.23. The van der Waals surface area contributed by atoms with Crippen LogP contribution in [0.5, 0.6) is 0 Å².